The van der Waals surface area contributed by atoms with E-state index in [9.17, 15) is 5.26 Å². The Balaban J connectivity index is 1.47. The quantitative estimate of drug-likeness (QED) is 0.142. The van der Waals surface area contributed by atoms with Gasteiger partial charge in [-0.3, -0.25) is 0 Å². The van der Waals surface area contributed by atoms with Crippen LogP contribution < -0.4 is 20.7 Å². The molecular formula is C43H30N2Si. The van der Waals surface area contributed by atoms with Crippen molar-refractivity contribution in [2.45, 2.75) is 0 Å². The lowest BCUT2D eigenvalue weighted by Gasteiger charge is -2.36. The van der Waals surface area contributed by atoms with Crippen LogP contribution in [0.4, 0.5) is 0 Å². The number of benzene rings is 7. The van der Waals surface area contributed by atoms with Gasteiger partial charge >= 0.3 is 0 Å². The molecule has 2 nitrogen and oxygen atoms in total. The highest BCUT2D eigenvalue weighted by Crippen LogP contribution is 2.33. The van der Waals surface area contributed by atoms with E-state index in [1.807, 2.05) is 12.1 Å². The fourth-order valence-electron chi connectivity index (χ4n) is 7.30. The van der Waals surface area contributed by atoms with Crippen LogP contribution in [-0.4, -0.2) is 12.6 Å². The van der Waals surface area contributed by atoms with Gasteiger partial charge in [0.1, 0.15) is 0 Å². The van der Waals surface area contributed by atoms with E-state index >= 15 is 0 Å². The molecule has 0 aliphatic rings. The fourth-order valence-corrected chi connectivity index (χ4v) is 12.4. The van der Waals surface area contributed by atoms with Crippen LogP contribution >= 0.6 is 0 Å². The molecule has 1 heterocycles. The summed E-state index contributed by atoms with van der Waals surface area (Å²) < 4.78 is 2.36. The molecular weight excluding hydrogens is 573 g/mol. The van der Waals surface area contributed by atoms with Gasteiger partial charge in [0.15, 0.2) is 8.07 Å². The normalized spacial score (nSPS) is 11.5. The average Bonchev–Trinajstić information content (AvgIpc) is 3.48. The van der Waals surface area contributed by atoms with Gasteiger partial charge in [-0.2, -0.15) is 5.26 Å². The molecule has 0 aliphatic carbocycles. The number of nitriles is 1. The smallest absolute Gasteiger partial charge is 0.181 e. The SMILES string of the molecule is N#Cc1cccc(-c2cccc(-n3c4ccccc4c4ccccc43)c2)c1[Si](c1ccccc1)(c1ccccc1)c1ccccc1. The van der Waals surface area contributed by atoms with Crippen molar-refractivity contribution in [1.82, 2.24) is 4.57 Å². The maximum atomic E-state index is 10.8. The number of aromatic nitrogens is 1. The molecule has 46 heavy (non-hydrogen) atoms. The minimum atomic E-state index is -2.99. The standard InChI is InChI=1S/C43H30N2Si/c44-31-33-17-15-27-38(32-16-14-18-34(30-32)45-41-28-12-10-25-39(41)40-26-11-13-29-42(40)45)43(33)46(35-19-4-1-5-20-35,36-21-6-2-7-22-36)37-23-8-3-9-24-37/h1-30H. The molecule has 0 spiro atoms. The van der Waals surface area contributed by atoms with Crippen molar-refractivity contribution in [2.24, 2.45) is 0 Å². The fraction of sp³-hybridized carbons (Fsp3) is 0. The van der Waals surface area contributed by atoms with Crippen LogP contribution in [0.5, 0.6) is 0 Å². The lowest BCUT2D eigenvalue weighted by atomic mass is 10.0. The first-order chi connectivity index (χ1) is 22.8. The molecule has 8 aromatic rings. The van der Waals surface area contributed by atoms with Crippen molar-refractivity contribution in [1.29, 1.82) is 5.26 Å². The summed E-state index contributed by atoms with van der Waals surface area (Å²) in [6, 6.07) is 67.4. The lowest BCUT2D eigenvalue weighted by molar-refractivity contribution is 1.18. The number of nitrogens with zero attached hydrogens (tertiary/aromatic N) is 2. The van der Waals surface area contributed by atoms with Crippen LogP contribution in [0.1, 0.15) is 5.56 Å². The molecule has 0 aliphatic heterocycles. The van der Waals surface area contributed by atoms with E-state index in [0.717, 1.165) is 22.0 Å². The Morgan fingerprint density at radius 3 is 1.46 bits per heavy atom. The molecule has 0 saturated heterocycles. The van der Waals surface area contributed by atoms with Gasteiger partial charge in [-0.25, -0.2) is 0 Å². The number of fused-ring (bicyclic) bond motifs is 3. The van der Waals surface area contributed by atoms with Gasteiger partial charge in [-0.05, 0) is 62.2 Å². The number of rotatable bonds is 6. The van der Waals surface area contributed by atoms with Gasteiger partial charge in [0, 0.05) is 16.5 Å². The predicted octanol–water partition coefficient (Wildman–Crippen LogP) is 7.70. The Morgan fingerprint density at radius 1 is 0.457 bits per heavy atom. The zero-order valence-corrected chi connectivity index (χ0v) is 26.2. The summed E-state index contributed by atoms with van der Waals surface area (Å²) >= 11 is 0. The van der Waals surface area contributed by atoms with Crippen LogP contribution in [0.2, 0.25) is 0 Å². The van der Waals surface area contributed by atoms with Gasteiger partial charge in [0.2, 0.25) is 0 Å². The van der Waals surface area contributed by atoms with E-state index in [1.54, 1.807) is 0 Å². The predicted molar refractivity (Wildman–Crippen MR) is 195 cm³/mol. The topological polar surface area (TPSA) is 28.7 Å². The molecule has 0 bridgehead atoms. The summed E-state index contributed by atoms with van der Waals surface area (Å²) in [5.41, 5.74) is 6.33. The second-order valence-corrected chi connectivity index (χ2v) is 15.3. The van der Waals surface area contributed by atoms with Crippen LogP contribution in [-0.2, 0) is 0 Å². The molecule has 0 fully saturated rings. The summed E-state index contributed by atoms with van der Waals surface area (Å²) in [5, 5.41) is 18.1. The summed E-state index contributed by atoms with van der Waals surface area (Å²) in [6.07, 6.45) is 0. The largest absolute Gasteiger partial charge is 0.309 e. The first-order valence-electron chi connectivity index (χ1n) is 15.6. The van der Waals surface area contributed by atoms with E-state index in [2.05, 4.69) is 180 Å². The Kier molecular flexibility index (Phi) is 6.91. The molecule has 1 aromatic heterocycles. The molecule has 0 unspecified atom stereocenters. The summed E-state index contributed by atoms with van der Waals surface area (Å²) in [6.45, 7) is 0. The minimum Gasteiger partial charge on any atom is -0.309 e. The van der Waals surface area contributed by atoms with Gasteiger partial charge in [0.25, 0.3) is 0 Å². The Labute approximate surface area is 270 Å². The maximum Gasteiger partial charge on any atom is 0.181 e. The molecule has 216 valence electrons. The Bertz CT molecular complexity index is 2220. The first kappa shape index (κ1) is 27.6. The summed E-state index contributed by atoms with van der Waals surface area (Å²) in [4.78, 5) is 0. The average molecular weight is 603 g/mol. The number of hydrogen-bond donors (Lipinski definition) is 0. The lowest BCUT2D eigenvalue weighted by Crippen LogP contribution is -2.75. The molecule has 0 N–H and O–H groups in total. The highest BCUT2D eigenvalue weighted by molar-refractivity contribution is 7.20. The van der Waals surface area contributed by atoms with Crippen molar-refractivity contribution in [2.75, 3.05) is 0 Å². The van der Waals surface area contributed by atoms with Crippen LogP contribution in [0, 0.1) is 11.3 Å². The monoisotopic (exact) mass is 602 g/mol. The van der Waals surface area contributed by atoms with Crippen molar-refractivity contribution in [3.63, 3.8) is 0 Å². The van der Waals surface area contributed by atoms with Crippen molar-refractivity contribution >= 4 is 50.6 Å². The van der Waals surface area contributed by atoms with E-state index in [-0.39, 0.29) is 0 Å². The van der Waals surface area contributed by atoms with Crippen LogP contribution in [0.25, 0.3) is 38.6 Å². The number of hydrogen-bond acceptors (Lipinski definition) is 1. The van der Waals surface area contributed by atoms with Crippen molar-refractivity contribution in [3.05, 3.63) is 188 Å². The Morgan fingerprint density at radius 2 is 0.935 bits per heavy atom. The molecule has 0 radical (unpaired) electrons. The first-order valence-corrected chi connectivity index (χ1v) is 17.6. The summed E-state index contributed by atoms with van der Waals surface area (Å²) in [7, 11) is -2.99. The zero-order valence-electron chi connectivity index (χ0n) is 25.2. The molecule has 0 amide bonds. The molecule has 3 heteroatoms. The number of para-hydroxylation sites is 2. The van der Waals surface area contributed by atoms with Crippen LogP contribution in [0.15, 0.2) is 182 Å². The third-order valence-corrected chi connectivity index (χ3v) is 14.1. The third kappa shape index (κ3) is 4.31. The highest BCUT2D eigenvalue weighted by atomic mass is 28.3. The zero-order chi connectivity index (χ0) is 30.9. The van der Waals surface area contributed by atoms with Crippen LogP contribution in [0.3, 0.4) is 0 Å². The highest BCUT2D eigenvalue weighted by Gasteiger charge is 2.44. The third-order valence-electron chi connectivity index (χ3n) is 9.18. The van der Waals surface area contributed by atoms with E-state index < -0.39 is 8.07 Å². The van der Waals surface area contributed by atoms with E-state index in [4.69, 9.17) is 0 Å². The summed E-state index contributed by atoms with van der Waals surface area (Å²) in [5.74, 6) is 0. The van der Waals surface area contributed by atoms with E-state index in [0.29, 0.717) is 5.56 Å². The van der Waals surface area contributed by atoms with Gasteiger partial charge in [-0.1, -0.05) is 152 Å². The minimum absolute atomic E-state index is 0.711. The van der Waals surface area contributed by atoms with Gasteiger partial charge in [0.05, 0.1) is 22.7 Å². The van der Waals surface area contributed by atoms with Crippen molar-refractivity contribution < 1.29 is 0 Å². The molecule has 0 atom stereocenters. The molecule has 0 saturated carbocycles. The van der Waals surface area contributed by atoms with Gasteiger partial charge < -0.3 is 4.57 Å². The van der Waals surface area contributed by atoms with Gasteiger partial charge in [-0.15, -0.1) is 0 Å². The maximum absolute atomic E-state index is 10.8. The molecule has 7 aromatic carbocycles. The van der Waals surface area contributed by atoms with E-state index in [1.165, 1.54) is 37.4 Å². The Hall–Kier alpha value is -5.95. The second-order valence-electron chi connectivity index (χ2n) is 11.6. The molecule has 8 rings (SSSR count). The van der Waals surface area contributed by atoms with Crippen molar-refractivity contribution in [3.8, 4) is 22.9 Å². The second kappa shape index (κ2) is 11.5.